The van der Waals surface area contributed by atoms with Crippen LogP contribution in [-0.4, -0.2) is 19.1 Å². The van der Waals surface area contributed by atoms with Crippen LogP contribution in [0.2, 0.25) is 0 Å². The predicted octanol–water partition coefficient (Wildman–Crippen LogP) is -1.90. The smallest absolute Gasteiger partial charge is 0.0843 e. The molecule has 11 heavy (non-hydrogen) atoms. The van der Waals surface area contributed by atoms with Gasteiger partial charge in [0.1, 0.15) is 0 Å². The summed E-state index contributed by atoms with van der Waals surface area (Å²) in [4.78, 5) is 1.67. The van der Waals surface area contributed by atoms with Crippen LogP contribution in [0.3, 0.4) is 0 Å². The summed E-state index contributed by atoms with van der Waals surface area (Å²) in [6.45, 7) is 9.16. The lowest BCUT2D eigenvalue weighted by Gasteiger charge is -2.26. The molecule has 2 unspecified atom stereocenters. The number of hydrogen-bond acceptors (Lipinski definition) is 0. The molecule has 1 nitrogen and oxygen atoms in total. The van der Waals surface area contributed by atoms with E-state index in [-0.39, 0.29) is 12.4 Å². The Balaban J connectivity index is 0. The van der Waals surface area contributed by atoms with Gasteiger partial charge >= 0.3 is 0 Å². The molecule has 0 aromatic rings. The fraction of sp³-hybridized carbons (Fsp3) is 1.00. The van der Waals surface area contributed by atoms with Crippen LogP contribution in [0.4, 0.5) is 0 Å². The van der Waals surface area contributed by atoms with Crippen LogP contribution in [0.5, 0.6) is 0 Å². The summed E-state index contributed by atoms with van der Waals surface area (Å²) in [5.41, 5.74) is 0. The quantitative estimate of drug-likeness (QED) is 0.515. The number of rotatable bonds is 4. The number of quaternary nitrogens is 1. The first-order valence-electron chi connectivity index (χ1n) is 4.46. The van der Waals surface area contributed by atoms with Crippen molar-refractivity contribution in [1.82, 2.24) is 0 Å². The van der Waals surface area contributed by atoms with Crippen LogP contribution in [-0.2, 0) is 0 Å². The Kier molecular flexibility index (Phi) is 8.70. The van der Waals surface area contributed by atoms with Gasteiger partial charge in [-0.2, -0.15) is 0 Å². The van der Waals surface area contributed by atoms with E-state index in [4.69, 9.17) is 0 Å². The van der Waals surface area contributed by atoms with E-state index in [0.29, 0.717) is 0 Å². The fourth-order valence-electron chi connectivity index (χ4n) is 1.13. The van der Waals surface area contributed by atoms with Gasteiger partial charge in [0.2, 0.25) is 0 Å². The highest BCUT2D eigenvalue weighted by Crippen LogP contribution is 1.87. The van der Waals surface area contributed by atoms with Gasteiger partial charge in [-0.05, 0) is 26.7 Å². The molecule has 0 saturated heterocycles. The molecule has 0 rings (SSSR count). The van der Waals surface area contributed by atoms with Crippen molar-refractivity contribution in [3.05, 3.63) is 0 Å². The van der Waals surface area contributed by atoms with E-state index in [1.807, 2.05) is 0 Å². The second-order valence-corrected chi connectivity index (χ2v) is 3.36. The van der Waals surface area contributed by atoms with E-state index in [2.05, 4.69) is 34.7 Å². The average Bonchev–Trinajstić information content (AvgIpc) is 2.00. The lowest BCUT2D eigenvalue weighted by molar-refractivity contribution is -0.927. The Bertz CT molecular complexity index is 75.6. The first-order chi connectivity index (χ1) is 4.63. The molecule has 0 aromatic carbocycles. The summed E-state index contributed by atoms with van der Waals surface area (Å²) < 4.78 is 0. The molecule has 0 radical (unpaired) electrons. The van der Waals surface area contributed by atoms with Crippen molar-refractivity contribution in [2.45, 2.75) is 52.6 Å². The highest BCUT2D eigenvalue weighted by Gasteiger charge is 2.15. The van der Waals surface area contributed by atoms with Gasteiger partial charge in [0.05, 0.1) is 19.1 Å². The number of nitrogens with one attached hydrogen (secondary N) is 1. The molecule has 0 fully saturated rings. The Morgan fingerprint density at radius 3 is 1.45 bits per heavy atom. The molecule has 2 heteroatoms. The third kappa shape index (κ3) is 4.65. The minimum atomic E-state index is 0. The van der Waals surface area contributed by atoms with Crippen LogP contribution >= 0.6 is 0 Å². The van der Waals surface area contributed by atoms with Crippen LogP contribution in [0.25, 0.3) is 0 Å². The van der Waals surface area contributed by atoms with Crippen molar-refractivity contribution in [1.29, 1.82) is 0 Å². The normalized spacial score (nSPS) is 18.3. The number of hydrogen-bond donors (Lipinski definition) is 1. The summed E-state index contributed by atoms with van der Waals surface area (Å²) in [5, 5.41) is 0. The van der Waals surface area contributed by atoms with Crippen LogP contribution < -0.4 is 17.3 Å². The monoisotopic (exact) mass is 179 g/mol. The summed E-state index contributed by atoms with van der Waals surface area (Å²) in [7, 11) is 2.29. The zero-order valence-corrected chi connectivity index (χ0v) is 9.20. The van der Waals surface area contributed by atoms with E-state index in [1.165, 1.54) is 12.8 Å². The molecule has 0 bridgehead atoms. The van der Waals surface area contributed by atoms with Crippen LogP contribution in [0, 0.1) is 0 Å². The summed E-state index contributed by atoms with van der Waals surface area (Å²) in [6, 6.07) is 1.63. The highest BCUT2D eigenvalue weighted by atomic mass is 35.5. The molecular weight excluding hydrogens is 158 g/mol. The summed E-state index contributed by atoms with van der Waals surface area (Å²) >= 11 is 0. The SMILES string of the molecule is CCC(C)[NH+](C)C(C)CC.[Cl-]. The maximum atomic E-state index is 2.32. The lowest BCUT2D eigenvalue weighted by Crippen LogP contribution is -3.15. The van der Waals surface area contributed by atoms with Gasteiger partial charge in [0, 0.05) is 0 Å². The van der Waals surface area contributed by atoms with E-state index >= 15 is 0 Å². The van der Waals surface area contributed by atoms with Crippen molar-refractivity contribution in [2.75, 3.05) is 7.05 Å². The van der Waals surface area contributed by atoms with Crippen LogP contribution in [0.15, 0.2) is 0 Å². The lowest BCUT2D eigenvalue weighted by atomic mass is 10.1. The molecule has 0 aliphatic carbocycles. The molecule has 0 aromatic heterocycles. The molecule has 0 saturated carbocycles. The van der Waals surface area contributed by atoms with Gasteiger partial charge in [-0.25, -0.2) is 0 Å². The molecule has 70 valence electrons. The zero-order valence-electron chi connectivity index (χ0n) is 8.45. The maximum Gasteiger partial charge on any atom is 0.0843 e. The minimum Gasteiger partial charge on any atom is -1.00 e. The van der Waals surface area contributed by atoms with Gasteiger partial charge in [-0.15, -0.1) is 0 Å². The van der Waals surface area contributed by atoms with Gasteiger partial charge < -0.3 is 17.3 Å². The maximum absolute atomic E-state index is 2.32. The van der Waals surface area contributed by atoms with Crippen LogP contribution in [0.1, 0.15) is 40.5 Å². The van der Waals surface area contributed by atoms with E-state index < -0.39 is 0 Å². The van der Waals surface area contributed by atoms with Crippen molar-refractivity contribution in [3.63, 3.8) is 0 Å². The molecule has 0 spiro atoms. The molecule has 1 N–H and O–H groups in total. The second-order valence-electron chi connectivity index (χ2n) is 3.36. The standard InChI is InChI=1S/C9H21N.ClH/c1-6-8(3)10(5)9(4)7-2;/h8-9H,6-7H2,1-5H3;1H. The molecule has 0 aliphatic heterocycles. The molecule has 0 amide bonds. The highest BCUT2D eigenvalue weighted by molar-refractivity contribution is 4.46. The first-order valence-corrected chi connectivity index (χ1v) is 4.46. The van der Waals surface area contributed by atoms with Crippen molar-refractivity contribution >= 4 is 0 Å². The van der Waals surface area contributed by atoms with Crippen molar-refractivity contribution in [2.24, 2.45) is 0 Å². The second kappa shape index (κ2) is 6.93. The van der Waals surface area contributed by atoms with Gasteiger partial charge in [-0.3, -0.25) is 0 Å². The Morgan fingerprint density at radius 1 is 1.00 bits per heavy atom. The topological polar surface area (TPSA) is 4.44 Å². The minimum absolute atomic E-state index is 0. The zero-order chi connectivity index (χ0) is 8.15. The predicted molar refractivity (Wildman–Crippen MR) is 46.4 cm³/mol. The van der Waals surface area contributed by atoms with Gasteiger partial charge in [0.15, 0.2) is 0 Å². The summed E-state index contributed by atoms with van der Waals surface area (Å²) in [6.07, 6.45) is 2.58. The summed E-state index contributed by atoms with van der Waals surface area (Å²) in [5.74, 6) is 0. The number of halogens is 1. The van der Waals surface area contributed by atoms with Crippen molar-refractivity contribution in [3.8, 4) is 0 Å². The molecule has 2 atom stereocenters. The van der Waals surface area contributed by atoms with Crippen molar-refractivity contribution < 1.29 is 17.3 Å². The van der Waals surface area contributed by atoms with E-state index in [9.17, 15) is 0 Å². The third-order valence-electron chi connectivity index (χ3n) is 2.78. The molecule has 0 aliphatic rings. The largest absolute Gasteiger partial charge is 1.00 e. The molecular formula is C9H22ClN. The first kappa shape index (κ1) is 13.8. The Labute approximate surface area is 77.6 Å². The molecule has 0 heterocycles. The Hall–Kier alpha value is 0.250. The van der Waals surface area contributed by atoms with E-state index in [1.54, 1.807) is 4.90 Å². The average molecular weight is 180 g/mol. The Morgan fingerprint density at radius 2 is 1.27 bits per heavy atom. The fourth-order valence-corrected chi connectivity index (χ4v) is 1.13. The van der Waals surface area contributed by atoms with E-state index in [0.717, 1.165) is 12.1 Å². The van der Waals surface area contributed by atoms with Gasteiger partial charge in [0.25, 0.3) is 0 Å². The third-order valence-corrected chi connectivity index (χ3v) is 2.78. The van der Waals surface area contributed by atoms with Gasteiger partial charge in [-0.1, -0.05) is 13.8 Å².